The number of hydrogen-bond donors (Lipinski definition) is 2. The van der Waals surface area contributed by atoms with E-state index in [9.17, 15) is 30.4 Å². The lowest BCUT2D eigenvalue weighted by atomic mass is 10.1. The van der Waals surface area contributed by atoms with Crippen molar-refractivity contribution < 1.29 is 35.5 Å². The fraction of sp³-hybridized carbons (Fsp3) is 0.353. The van der Waals surface area contributed by atoms with Crippen LogP contribution in [0.3, 0.4) is 0 Å². The molecule has 1 unspecified atom stereocenters. The monoisotopic (exact) mass is 480 g/mol. The van der Waals surface area contributed by atoms with Crippen LogP contribution < -0.4 is 5.73 Å². The van der Waals surface area contributed by atoms with Crippen LogP contribution >= 0.6 is 0 Å². The summed E-state index contributed by atoms with van der Waals surface area (Å²) in [5.41, 5.74) is 5.23. The lowest BCUT2D eigenvalue weighted by molar-refractivity contribution is 0.103. The fourth-order valence-corrected chi connectivity index (χ4v) is 3.99. The second-order valence-corrected chi connectivity index (χ2v) is 8.64. The van der Waals surface area contributed by atoms with E-state index in [1.54, 1.807) is 0 Å². The van der Waals surface area contributed by atoms with Gasteiger partial charge in [0.15, 0.2) is 11.6 Å². The Balaban J connectivity index is 0.000000195. The molecule has 0 spiro atoms. The maximum absolute atomic E-state index is 13.7. The number of sulfonamides is 1. The van der Waals surface area contributed by atoms with Crippen molar-refractivity contribution in [2.75, 3.05) is 18.8 Å². The van der Waals surface area contributed by atoms with Crippen LogP contribution in [0, 0.1) is 17.5 Å². The number of β-amino-alcohol motifs (C(OH)–C–C–N with tert-alkyl or cyclic N) is 1. The van der Waals surface area contributed by atoms with Gasteiger partial charge >= 0.3 is 5.76 Å². The third-order valence-corrected chi connectivity index (χ3v) is 5.98. The third-order valence-electron chi connectivity index (χ3n) is 4.48. The van der Waals surface area contributed by atoms with E-state index in [0.717, 1.165) is 16.8 Å². The Bertz CT molecular complexity index is 1220. The highest BCUT2D eigenvalue weighted by Gasteiger charge is 2.34. The molecule has 0 radical (unpaired) electrons. The molecule has 0 aliphatic carbocycles. The molecule has 0 bridgehead atoms. The summed E-state index contributed by atoms with van der Waals surface area (Å²) in [6, 6.07) is 1.69. The van der Waals surface area contributed by atoms with Crippen molar-refractivity contribution >= 4 is 21.5 Å². The Hall–Kier alpha value is -2.91. The minimum absolute atomic E-state index is 0.0229. The van der Waals surface area contributed by atoms with Gasteiger partial charge in [0.05, 0.1) is 24.2 Å². The zero-order valence-electron chi connectivity index (χ0n) is 16.2. The van der Waals surface area contributed by atoms with Crippen LogP contribution in [0.5, 0.6) is 0 Å². The molecule has 1 aliphatic heterocycles. The predicted molar refractivity (Wildman–Crippen MR) is 102 cm³/mol. The summed E-state index contributed by atoms with van der Waals surface area (Å²) < 4.78 is 87.7. The van der Waals surface area contributed by atoms with Gasteiger partial charge in [0, 0.05) is 25.2 Å². The highest BCUT2D eigenvalue weighted by atomic mass is 32.2. The van der Waals surface area contributed by atoms with Crippen molar-refractivity contribution in [3.05, 3.63) is 42.0 Å². The molecule has 0 saturated carbocycles. The van der Waals surface area contributed by atoms with Crippen molar-refractivity contribution in [2.45, 2.75) is 24.7 Å². The molecule has 3 N–H and O–H groups in total. The van der Waals surface area contributed by atoms with Gasteiger partial charge in [0.25, 0.3) is 10.0 Å². The van der Waals surface area contributed by atoms with E-state index in [4.69, 9.17) is 10.8 Å². The summed E-state index contributed by atoms with van der Waals surface area (Å²) in [7, 11) is -4.49. The number of nitrogens with two attached hydrogens (primary N) is 1. The summed E-state index contributed by atoms with van der Waals surface area (Å²) >= 11 is 0. The number of anilines is 1. The molecular weight excluding hydrogens is 463 g/mol. The van der Waals surface area contributed by atoms with E-state index in [1.165, 1.54) is 6.20 Å². The Morgan fingerprint density at radius 2 is 1.84 bits per heavy atom. The molecular formula is C17H17F5N6O3S. The van der Waals surface area contributed by atoms with Crippen LogP contribution in [-0.4, -0.2) is 62.4 Å². The summed E-state index contributed by atoms with van der Waals surface area (Å²) in [6.45, 7) is -0.142. The van der Waals surface area contributed by atoms with Crippen LogP contribution in [0.15, 0.2) is 24.5 Å². The van der Waals surface area contributed by atoms with Gasteiger partial charge in [-0.25, -0.2) is 36.1 Å². The number of aromatic nitrogens is 4. The number of halogens is 5. The van der Waals surface area contributed by atoms with Gasteiger partial charge in [0.1, 0.15) is 17.0 Å². The van der Waals surface area contributed by atoms with Crippen LogP contribution in [0.25, 0.3) is 16.9 Å². The van der Waals surface area contributed by atoms with Crippen LogP contribution in [0.1, 0.15) is 12.8 Å². The van der Waals surface area contributed by atoms with E-state index < -0.39 is 39.3 Å². The lowest BCUT2D eigenvalue weighted by Gasteiger charge is -2.28. The first-order valence-corrected chi connectivity index (χ1v) is 10.6. The minimum atomic E-state index is -4.49. The average molecular weight is 480 g/mol. The molecule has 0 aromatic carbocycles. The van der Waals surface area contributed by atoms with E-state index in [-0.39, 0.29) is 35.9 Å². The van der Waals surface area contributed by atoms with Gasteiger partial charge in [-0.15, -0.1) is 5.10 Å². The second-order valence-electron chi connectivity index (χ2n) is 6.73. The average Bonchev–Trinajstić information content (AvgIpc) is 3.04. The zero-order chi connectivity index (χ0) is 23.6. The second kappa shape index (κ2) is 9.30. The molecule has 3 aromatic rings. The molecule has 4 rings (SSSR count). The normalized spacial score (nSPS) is 17.4. The highest BCUT2D eigenvalue weighted by molar-refractivity contribution is 7.89. The number of aliphatic hydroxyl groups is 1. The fourth-order valence-electron chi connectivity index (χ4n) is 3.00. The lowest BCUT2D eigenvalue weighted by Crippen LogP contribution is -2.44. The summed E-state index contributed by atoms with van der Waals surface area (Å²) in [5.74, 6) is -5.89. The Labute approximate surface area is 178 Å². The van der Waals surface area contributed by atoms with Crippen LogP contribution in [0.4, 0.5) is 27.9 Å². The van der Waals surface area contributed by atoms with Gasteiger partial charge in [-0.2, -0.15) is 13.1 Å². The Morgan fingerprint density at radius 1 is 1.12 bits per heavy atom. The third kappa shape index (κ3) is 4.94. The molecule has 1 atom stereocenters. The number of aliphatic hydroxyl groups excluding tert-OH is 1. The van der Waals surface area contributed by atoms with Crippen LogP contribution in [0.2, 0.25) is 0 Å². The maximum Gasteiger partial charge on any atom is 0.350 e. The van der Waals surface area contributed by atoms with E-state index in [1.807, 2.05) is 0 Å². The van der Waals surface area contributed by atoms with Gasteiger partial charge < -0.3 is 10.8 Å². The number of alkyl halides is 2. The Morgan fingerprint density at radius 3 is 2.47 bits per heavy atom. The number of nitrogens with zero attached hydrogens (tertiary/aromatic N) is 5. The standard InChI is InChI=1S/C11H6F3N5.C6H11F2NO3S/c12-5-1-7(14)10(16-3-5)8-2-6(13)9-4-17-11(15)18-19(8)9;7-6(8)13(11,12)9-3-1-2-5(10)4-9/h1-4H,(H2,15,18);5-6,10H,1-4H2. The van der Waals surface area contributed by atoms with Gasteiger partial charge in [-0.05, 0) is 12.8 Å². The molecule has 4 heterocycles. The SMILES string of the molecule is Nc1ncc2c(F)cc(-c3ncc(F)cc3F)n2n1.O=S(=O)(C(F)F)N1CCCC(O)C1. The summed E-state index contributed by atoms with van der Waals surface area (Å²) in [6.07, 6.45) is 2.08. The first kappa shape index (κ1) is 23.7. The quantitative estimate of drug-likeness (QED) is 0.547. The molecule has 3 aromatic heterocycles. The van der Waals surface area contributed by atoms with Gasteiger partial charge in [0.2, 0.25) is 5.95 Å². The maximum atomic E-state index is 13.7. The number of rotatable bonds is 3. The largest absolute Gasteiger partial charge is 0.392 e. The number of hydrogen-bond acceptors (Lipinski definition) is 7. The molecule has 1 fully saturated rings. The summed E-state index contributed by atoms with van der Waals surface area (Å²) in [4.78, 5) is 7.25. The Kier molecular flexibility index (Phi) is 6.90. The molecule has 15 heteroatoms. The van der Waals surface area contributed by atoms with Gasteiger partial charge in [-0.1, -0.05) is 0 Å². The topological polar surface area (TPSA) is 127 Å². The summed E-state index contributed by atoms with van der Waals surface area (Å²) in [5, 5.41) is 12.9. The molecule has 9 nitrogen and oxygen atoms in total. The minimum Gasteiger partial charge on any atom is -0.392 e. The zero-order valence-corrected chi connectivity index (χ0v) is 17.0. The number of nitrogen functional groups attached to an aromatic ring is 1. The number of pyridine rings is 1. The predicted octanol–water partition coefficient (Wildman–Crippen LogP) is 1.79. The smallest absolute Gasteiger partial charge is 0.350 e. The van der Waals surface area contributed by atoms with E-state index in [0.29, 0.717) is 23.2 Å². The first-order chi connectivity index (χ1) is 15.0. The molecule has 0 amide bonds. The van der Waals surface area contributed by atoms with Crippen LogP contribution in [-0.2, 0) is 10.0 Å². The van der Waals surface area contributed by atoms with E-state index in [2.05, 4.69) is 15.1 Å². The van der Waals surface area contributed by atoms with Gasteiger partial charge in [-0.3, -0.25) is 0 Å². The molecule has 174 valence electrons. The molecule has 1 aliphatic rings. The number of piperidine rings is 1. The van der Waals surface area contributed by atoms with Crippen molar-refractivity contribution in [1.82, 2.24) is 23.9 Å². The van der Waals surface area contributed by atoms with Crippen molar-refractivity contribution in [1.29, 1.82) is 0 Å². The van der Waals surface area contributed by atoms with Crippen molar-refractivity contribution in [3.8, 4) is 11.4 Å². The number of fused-ring (bicyclic) bond motifs is 1. The van der Waals surface area contributed by atoms with Crippen molar-refractivity contribution in [2.24, 2.45) is 0 Å². The molecule has 32 heavy (non-hydrogen) atoms. The van der Waals surface area contributed by atoms with E-state index >= 15 is 0 Å². The van der Waals surface area contributed by atoms with Crippen molar-refractivity contribution in [3.63, 3.8) is 0 Å². The molecule has 1 saturated heterocycles. The first-order valence-electron chi connectivity index (χ1n) is 9.07. The highest BCUT2D eigenvalue weighted by Crippen LogP contribution is 2.25.